The quantitative estimate of drug-likeness (QED) is 0.649. The third-order valence-electron chi connectivity index (χ3n) is 0.905. The number of thiophene rings is 1. The van der Waals surface area contributed by atoms with Crippen molar-refractivity contribution in [2.45, 2.75) is 0 Å². The molecule has 2 aromatic heterocycles. The van der Waals surface area contributed by atoms with Crippen molar-refractivity contribution in [3.8, 4) is 0 Å². The molecule has 0 fully saturated rings. The van der Waals surface area contributed by atoms with Crippen LogP contribution >= 0.6 is 11.3 Å². The average Bonchev–Trinajstić information content (AvgIpc) is 2.62. The molecule has 3 nitrogen and oxygen atoms in total. The molecule has 0 unspecified atom stereocenters. The van der Waals surface area contributed by atoms with Gasteiger partial charge in [-0.05, 0) is 10.8 Å². The molecule has 0 aliphatic carbocycles. The van der Waals surface area contributed by atoms with Gasteiger partial charge in [0.25, 0.3) is 0 Å². The van der Waals surface area contributed by atoms with Gasteiger partial charge in [-0.15, -0.1) is 0 Å². The standard InChI is InChI=1S/C4H4S.C3H3N3Te/c1-2-4-5-3-1;7-3-5-1-4-2-6-3/h1-4H;1-2H,(H,4,5,6,7). The van der Waals surface area contributed by atoms with E-state index >= 15 is 0 Å². The van der Waals surface area contributed by atoms with Crippen LogP contribution in [0.4, 0.5) is 0 Å². The zero-order valence-electron chi connectivity index (χ0n) is 6.16. The normalized spacial score (nSPS) is 8.42. The summed E-state index contributed by atoms with van der Waals surface area (Å²) in [6, 6.07) is 4.04. The van der Waals surface area contributed by atoms with Gasteiger partial charge in [0, 0.05) is 0 Å². The zero-order chi connectivity index (χ0) is 8.65. The molecule has 2 aromatic rings. The minimum absolute atomic E-state index is 0.809. The molecule has 0 atom stereocenters. The van der Waals surface area contributed by atoms with Crippen LogP contribution in [0.3, 0.4) is 0 Å². The van der Waals surface area contributed by atoms with Gasteiger partial charge in [0.2, 0.25) is 0 Å². The van der Waals surface area contributed by atoms with Crippen molar-refractivity contribution < 1.29 is 0 Å². The van der Waals surface area contributed by atoms with Crippen LogP contribution < -0.4 is 3.87 Å². The predicted molar refractivity (Wildman–Crippen MR) is 50.9 cm³/mol. The maximum atomic E-state index is 3.78. The van der Waals surface area contributed by atoms with Crippen molar-refractivity contribution in [1.29, 1.82) is 0 Å². The van der Waals surface area contributed by atoms with Gasteiger partial charge in [0.05, 0.1) is 0 Å². The van der Waals surface area contributed by atoms with Gasteiger partial charge >= 0.3 is 53.8 Å². The summed E-state index contributed by atoms with van der Waals surface area (Å²) in [5.74, 6) is 0. The van der Waals surface area contributed by atoms with Gasteiger partial charge in [0.1, 0.15) is 0 Å². The number of hydrogen-bond donors (Lipinski definition) is 0. The fourth-order valence-electron chi connectivity index (χ4n) is 0.460. The van der Waals surface area contributed by atoms with E-state index in [0.717, 1.165) is 3.87 Å². The van der Waals surface area contributed by atoms with Crippen LogP contribution in [0, 0.1) is 0 Å². The molecule has 0 saturated carbocycles. The Bertz CT molecular complexity index is 267. The van der Waals surface area contributed by atoms with Crippen molar-refractivity contribution >= 4 is 37.5 Å². The summed E-state index contributed by atoms with van der Waals surface area (Å²) < 4.78 is 0.809. The van der Waals surface area contributed by atoms with E-state index < -0.39 is 0 Å². The van der Waals surface area contributed by atoms with Crippen LogP contribution in [-0.4, -0.2) is 37.2 Å². The van der Waals surface area contributed by atoms with Crippen LogP contribution in [-0.2, 0) is 0 Å². The Balaban J connectivity index is 0.000000127. The molecule has 0 bridgehead atoms. The van der Waals surface area contributed by atoms with Crippen molar-refractivity contribution in [2.24, 2.45) is 0 Å². The van der Waals surface area contributed by atoms with Crippen molar-refractivity contribution in [2.75, 3.05) is 0 Å². The molecule has 0 saturated heterocycles. The summed E-state index contributed by atoms with van der Waals surface area (Å²) in [6.45, 7) is 0. The van der Waals surface area contributed by atoms with Crippen molar-refractivity contribution in [1.82, 2.24) is 15.0 Å². The zero-order valence-corrected chi connectivity index (χ0v) is 9.53. The van der Waals surface area contributed by atoms with E-state index in [0.29, 0.717) is 0 Å². The summed E-state index contributed by atoms with van der Waals surface area (Å²) in [4.78, 5) is 11.2. The molecule has 0 aliphatic heterocycles. The Hall–Kier alpha value is -0.500. The van der Waals surface area contributed by atoms with Crippen molar-refractivity contribution in [3.05, 3.63) is 35.5 Å². The van der Waals surface area contributed by atoms with E-state index in [2.05, 4.69) is 15.0 Å². The van der Waals surface area contributed by atoms with E-state index in [1.54, 1.807) is 11.3 Å². The second-order valence-corrected chi connectivity index (χ2v) is 3.69. The van der Waals surface area contributed by atoms with Crippen LogP contribution in [0.5, 0.6) is 0 Å². The van der Waals surface area contributed by atoms with Crippen LogP contribution in [0.1, 0.15) is 0 Å². The van der Waals surface area contributed by atoms with E-state index in [4.69, 9.17) is 0 Å². The van der Waals surface area contributed by atoms with E-state index in [9.17, 15) is 0 Å². The van der Waals surface area contributed by atoms with Gasteiger partial charge in [0.15, 0.2) is 0 Å². The van der Waals surface area contributed by atoms with Crippen molar-refractivity contribution in [3.63, 3.8) is 0 Å². The molecule has 0 radical (unpaired) electrons. The minimum Gasteiger partial charge on any atom is -0.152 e. The van der Waals surface area contributed by atoms with Gasteiger partial charge in [-0.2, -0.15) is 11.3 Å². The first-order valence-corrected chi connectivity index (χ1v) is 5.39. The summed E-state index contributed by atoms with van der Waals surface area (Å²) in [5, 5.41) is 4.08. The summed E-state index contributed by atoms with van der Waals surface area (Å²) in [5.41, 5.74) is 0. The summed E-state index contributed by atoms with van der Waals surface area (Å²) in [6.07, 6.45) is 2.97. The maximum absolute atomic E-state index is 3.78. The first-order valence-electron chi connectivity index (χ1n) is 3.18. The fourth-order valence-corrected chi connectivity index (χ4v) is 1.21. The second kappa shape index (κ2) is 6.06. The molecule has 2 rings (SSSR count). The van der Waals surface area contributed by atoms with Crippen LogP contribution in [0.25, 0.3) is 0 Å². The topological polar surface area (TPSA) is 38.7 Å². The number of hydrogen-bond acceptors (Lipinski definition) is 4. The summed E-state index contributed by atoms with van der Waals surface area (Å²) >= 11 is 3.21. The molecule has 2 heterocycles. The van der Waals surface area contributed by atoms with E-state index in [1.807, 2.05) is 22.9 Å². The number of aromatic nitrogens is 3. The predicted octanol–water partition coefficient (Wildman–Crippen LogP) is 0.146. The fraction of sp³-hybridized carbons (Fsp3) is 0. The maximum Gasteiger partial charge on any atom is -0.00934 e. The molecule has 0 aliphatic rings. The molecule has 0 spiro atoms. The smallest absolute Gasteiger partial charge is 0.00934 e. The molecular weight excluding hydrogens is 286 g/mol. The summed E-state index contributed by atoms with van der Waals surface area (Å²) in [7, 11) is 0. The largest absolute Gasteiger partial charge is 0.152 e. The molecule has 0 amide bonds. The third-order valence-corrected chi connectivity index (χ3v) is 2.19. The molecule has 12 heavy (non-hydrogen) atoms. The first kappa shape index (κ1) is 9.59. The van der Waals surface area contributed by atoms with E-state index in [1.165, 1.54) is 34.9 Å². The molecule has 0 N–H and O–H groups in total. The molecule has 62 valence electrons. The van der Waals surface area contributed by atoms with Gasteiger partial charge in [-0.3, -0.25) is 0 Å². The Kier molecular flexibility index (Phi) is 4.84. The monoisotopic (exact) mass is 295 g/mol. The Morgan fingerprint density at radius 2 is 1.67 bits per heavy atom. The Morgan fingerprint density at radius 1 is 1.08 bits per heavy atom. The van der Waals surface area contributed by atoms with Crippen LogP contribution in [0.15, 0.2) is 35.5 Å². The Morgan fingerprint density at radius 3 is 1.92 bits per heavy atom. The number of nitrogens with zero attached hydrogens (tertiary/aromatic N) is 3. The van der Waals surface area contributed by atoms with E-state index in [-0.39, 0.29) is 0 Å². The van der Waals surface area contributed by atoms with Crippen LogP contribution in [0.2, 0.25) is 0 Å². The number of rotatable bonds is 0. The van der Waals surface area contributed by atoms with Gasteiger partial charge < -0.3 is 0 Å². The average molecular weight is 293 g/mol. The van der Waals surface area contributed by atoms with Gasteiger partial charge in [-0.1, -0.05) is 12.1 Å². The Labute approximate surface area is 87.8 Å². The molecule has 0 aromatic carbocycles. The van der Waals surface area contributed by atoms with Gasteiger partial charge in [-0.25, -0.2) is 0 Å². The minimum atomic E-state index is 0.809. The SMILES string of the molecule is [TeH]c1ncncn1.c1ccsc1. The second-order valence-electron chi connectivity index (χ2n) is 1.73. The molecular formula is C7H7N3STe. The third kappa shape index (κ3) is 4.39. The first-order chi connectivity index (χ1) is 5.89. The molecule has 5 heteroatoms.